The molecule has 2 rings (SSSR count). The Morgan fingerprint density at radius 3 is 2.87 bits per heavy atom. The number of nitrogens with one attached hydrogen (secondary N) is 2. The first-order chi connectivity index (χ1) is 11.0. The molecule has 0 aromatic rings. The van der Waals surface area contributed by atoms with Crippen molar-refractivity contribution < 1.29 is 13.2 Å². The summed E-state index contributed by atoms with van der Waals surface area (Å²) in [5.41, 5.74) is 1.50. The number of allylic oxidation sites excluding steroid dienone is 1. The molecule has 4 nitrogen and oxygen atoms in total. The number of alkyl halides is 3. The van der Waals surface area contributed by atoms with Gasteiger partial charge in [-0.2, -0.15) is 13.2 Å². The molecule has 1 unspecified atom stereocenters. The highest BCUT2D eigenvalue weighted by molar-refractivity contribution is 5.80. The molecule has 0 saturated carbocycles. The summed E-state index contributed by atoms with van der Waals surface area (Å²) in [6.45, 7) is 0.863. The first-order valence-electron chi connectivity index (χ1n) is 8.40. The van der Waals surface area contributed by atoms with Gasteiger partial charge in [0.05, 0.1) is 6.54 Å². The second-order valence-corrected chi connectivity index (χ2v) is 6.34. The van der Waals surface area contributed by atoms with Gasteiger partial charge in [0.2, 0.25) is 0 Å². The predicted molar refractivity (Wildman–Crippen MR) is 86.6 cm³/mol. The van der Waals surface area contributed by atoms with E-state index in [0.717, 1.165) is 13.0 Å². The van der Waals surface area contributed by atoms with Crippen LogP contribution in [0.1, 0.15) is 38.5 Å². The zero-order valence-corrected chi connectivity index (χ0v) is 13.8. The Hall–Kier alpha value is -1.24. The van der Waals surface area contributed by atoms with Crippen LogP contribution >= 0.6 is 0 Å². The highest BCUT2D eigenvalue weighted by Gasteiger charge is 2.34. The first kappa shape index (κ1) is 18.1. The Kier molecular flexibility index (Phi) is 6.74. The fourth-order valence-corrected chi connectivity index (χ4v) is 3.21. The van der Waals surface area contributed by atoms with Gasteiger partial charge in [-0.05, 0) is 38.5 Å². The number of guanidine groups is 1. The molecule has 7 heteroatoms. The number of halogens is 3. The van der Waals surface area contributed by atoms with E-state index < -0.39 is 12.7 Å². The van der Waals surface area contributed by atoms with Crippen LogP contribution in [0.3, 0.4) is 0 Å². The van der Waals surface area contributed by atoms with E-state index >= 15 is 0 Å². The SMILES string of the molecule is CN=C(NCCC1=CCCCC1)NC1CCN(CC(F)(F)F)C1. The maximum atomic E-state index is 12.4. The summed E-state index contributed by atoms with van der Waals surface area (Å²) in [6, 6.07) is 0.0254. The second kappa shape index (κ2) is 8.57. The molecule has 0 amide bonds. The molecule has 23 heavy (non-hydrogen) atoms. The normalized spacial score (nSPS) is 23.7. The van der Waals surface area contributed by atoms with Crippen molar-refractivity contribution in [1.82, 2.24) is 15.5 Å². The van der Waals surface area contributed by atoms with E-state index in [4.69, 9.17) is 0 Å². The summed E-state index contributed by atoms with van der Waals surface area (Å²) in [4.78, 5) is 5.61. The highest BCUT2D eigenvalue weighted by Crippen LogP contribution is 2.20. The van der Waals surface area contributed by atoms with E-state index in [1.165, 1.54) is 36.2 Å². The van der Waals surface area contributed by atoms with Crippen molar-refractivity contribution in [1.29, 1.82) is 0 Å². The van der Waals surface area contributed by atoms with Crippen molar-refractivity contribution in [3.05, 3.63) is 11.6 Å². The first-order valence-corrected chi connectivity index (χ1v) is 8.40. The van der Waals surface area contributed by atoms with Crippen LogP contribution in [0.25, 0.3) is 0 Å². The van der Waals surface area contributed by atoms with Crippen LogP contribution in [0.2, 0.25) is 0 Å². The van der Waals surface area contributed by atoms with Crippen LogP contribution in [0.4, 0.5) is 13.2 Å². The summed E-state index contributed by atoms with van der Waals surface area (Å²) < 4.78 is 37.2. The number of aliphatic imine (C=N–C) groups is 1. The van der Waals surface area contributed by atoms with Gasteiger partial charge in [0.1, 0.15) is 0 Å². The lowest BCUT2D eigenvalue weighted by Crippen LogP contribution is -2.45. The van der Waals surface area contributed by atoms with Crippen molar-refractivity contribution >= 4 is 5.96 Å². The number of hydrogen-bond donors (Lipinski definition) is 2. The molecule has 132 valence electrons. The number of rotatable bonds is 5. The zero-order valence-electron chi connectivity index (χ0n) is 13.8. The molecule has 1 heterocycles. The van der Waals surface area contributed by atoms with Gasteiger partial charge in [-0.1, -0.05) is 11.6 Å². The van der Waals surface area contributed by atoms with E-state index in [1.54, 1.807) is 7.05 Å². The number of hydrogen-bond acceptors (Lipinski definition) is 2. The minimum atomic E-state index is -4.12. The molecule has 1 fully saturated rings. The summed E-state index contributed by atoms with van der Waals surface area (Å²) in [7, 11) is 1.69. The Morgan fingerprint density at radius 2 is 2.22 bits per heavy atom. The smallest absolute Gasteiger partial charge is 0.356 e. The molecule has 0 radical (unpaired) electrons. The van der Waals surface area contributed by atoms with Gasteiger partial charge in [-0.15, -0.1) is 0 Å². The zero-order chi connectivity index (χ0) is 16.7. The molecule has 1 saturated heterocycles. The monoisotopic (exact) mass is 332 g/mol. The van der Waals surface area contributed by atoms with Gasteiger partial charge in [-0.3, -0.25) is 9.89 Å². The summed E-state index contributed by atoms with van der Waals surface area (Å²) in [5.74, 6) is 0.681. The van der Waals surface area contributed by atoms with Crippen LogP contribution in [0.15, 0.2) is 16.6 Å². The van der Waals surface area contributed by atoms with Crippen molar-refractivity contribution in [2.24, 2.45) is 4.99 Å². The lowest BCUT2D eigenvalue weighted by molar-refractivity contribution is -0.143. The van der Waals surface area contributed by atoms with Gasteiger partial charge >= 0.3 is 6.18 Å². The minimum Gasteiger partial charge on any atom is -0.356 e. The molecule has 0 aromatic heterocycles. The molecule has 2 N–H and O–H groups in total. The predicted octanol–water partition coefficient (Wildman–Crippen LogP) is 2.68. The Morgan fingerprint density at radius 1 is 1.39 bits per heavy atom. The van der Waals surface area contributed by atoms with Crippen molar-refractivity contribution in [3.8, 4) is 0 Å². The third-order valence-electron chi connectivity index (χ3n) is 4.36. The number of likely N-dealkylation sites (tertiary alicyclic amines) is 1. The standard InChI is InChI=1S/C16H27F3N4/c1-20-15(21-9-7-13-5-3-2-4-6-13)22-14-8-10-23(11-14)12-16(17,18)19/h5,14H,2-4,6-12H2,1H3,(H2,20,21,22). The maximum absolute atomic E-state index is 12.4. The quantitative estimate of drug-likeness (QED) is 0.462. The van der Waals surface area contributed by atoms with Crippen molar-refractivity contribution in [2.75, 3.05) is 33.2 Å². The van der Waals surface area contributed by atoms with Crippen LogP contribution < -0.4 is 10.6 Å². The average Bonchev–Trinajstić information content (AvgIpc) is 2.92. The molecule has 1 aliphatic heterocycles. The molecule has 2 aliphatic rings. The lowest BCUT2D eigenvalue weighted by Gasteiger charge is -2.20. The Labute approximate surface area is 136 Å². The third-order valence-corrected chi connectivity index (χ3v) is 4.36. The van der Waals surface area contributed by atoms with E-state index in [-0.39, 0.29) is 6.04 Å². The maximum Gasteiger partial charge on any atom is 0.401 e. The fraction of sp³-hybridized carbons (Fsp3) is 0.812. The molecule has 1 atom stereocenters. The van der Waals surface area contributed by atoms with Gasteiger partial charge in [0, 0.05) is 32.7 Å². The highest BCUT2D eigenvalue weighted by atomic mass is 19.4. The summed E-state index contributed by atoms with van der Waals surface area (Å²) >= 11 is 0. The fourth-order valence-electron chi connectivity index (χ4n) is 3.21. The largest absolute Gasteiger partial charge is 0.401 e. The van der Waals surface area contributed by atoms with E-state index in [0.29, 0.717) is 25.5 Å². The summed E-state index contributed by atoms with van der Waals surface area (Å²) in [5, 5.41) is 6.49. The van der Waals surface area contributed by atoms with Crippen molar-refractivity contribution in [3.63, 3.8) is 0 Å². The topological polar surface area (TPSA) is 39.7 Å². The van der Waals surface area contributed by atoms with Gasteiger partial charge < -0.3 is 10.6 Å². The van der Waals surface area contributed by atoms with Gasteiger partial charge in [-0.25, -0.2) is 0 Å². The van der Waals surface area contributed by atoms with E-state index in [9.17, 15) is 13.2 Å². The minimum absolute atomic E-state index is 0.0254. The van der Waals surface area contributed by atoms with Gasteiger partial charge in [0.25, 0.3) is 0 Å². The third kappa shape index (κ3) is 6.81. The second-order valence-electron chi connectivity index (χ2n) is 6.34. The molecular weight excluding hydrogens is 305 g/mol. The average molecular weight is 332 g/mol. The van der Waals surface area contributed by atoms with Crippen LogP contribution in [0, 0.1) is 0 Å². The molecule has 1 aliphatic carbocycles. The molecule has 0 aromatic carbocycles. The van der Waals surface area contributed by atoms with E-state index in [2.05, 4.69) is 21.7 Å². The van der Waals surface area contributed by atoms with Crippen LogP contribution in [-0.2, 0) is 0 Å². The lowest BCUT2D eigenvalue weighted by atomic mass is 9.97. The van der Waals surface area contributed by atoms with Crippen molar-refractivity contribution in [2.45, 2.75) is 50.7 Å². The Bertz CT molecular complexity index is 432. The van der Waals surface area contributed by atoms with Crippen LogP contribution in [0.5, 0.6) is 0 Å². The molecule has 0 bridgehead atoms. The number of nitrogens with zero attached hydrogens (tertiary/aromatic N) is 2. The Balaban J connectivity index is 1.68. The summed E-state index contributed by atoms with van der Waals surface area (Å²) in [6.07, 6.45) is 4.84. The molecule has 0 spiro atoms. The van der Waals surface area contributed by atoms with Crippen LogP contribution in [-0.4, -0.2) is 56.3 Å². The molecular formula is C16H27F3N4. The van der Waals surface area contributed by atoms with Gasteiger partial charge in [0.15, 0.2) is 5.96 Å². The van der Waals surface area contributed by atoms with E-state index in [1.807, 2.05) is 0 Å².